The third-order valence-electron chi connectivity index (χ3n) is 1.82. The number of nitrogens with zero attached hydrogens (tertiary/aromatic N) is 2. The Morgan fingerprint density at radius 2 is 2.43 bits per heavy atom. The highest BCUT2D eigenvalue weighted by atomic mass is 35.5. The van der Waals surface area contributed by atoms with Gasteiger partial charge in [-0.25, -0.2) is 4.68 Å². The second-order valence-corrected chi connectivity index (χ2v) is 3.07. The van der Waals surface area contributed by atoms with Gasteiger partial charge in [0, 0.05) is 18.5 Å². The molecule has 0 unspecified atom stereocenters. The van der Waals surface area contributed by atoms with Crippen molar-refractivity contribution in [3.63, 3.8) is 0 Å². The second-order valence-electron chi connectivity index (χ2n) is 2.66. The molecule has 0 atom stereocenters. The fraction of sp³-hybridized carbons (Fsp3) is 0.100. The minimum atomic E-state index is 0.553. The average Bonchev–Trinajstić information content (AvgIpc) is 2.70. The maximum Gasteiger partial charge on any atom is 0.163 e. The Morgan fingerprint density at radius 1 is 1.57 bits per heavy atom. The molecule has 1 heterocycles. The van der Waals surface area contributed by atoms with E-state index in [2.05, 4.69) is 11.2 Å². The van der Waals surface area contributed by atoms with Crippen molar-refractivity contribution in [1.29, 1.82) is 0 Å². The lowest BCUT2D eigenvalue weighted by atomic mass is 10.3. The fourth-order valence-corrected chi connectivity index (χ4v) is 1.44. The van der Waals surface area contributed by atoms with Gasteiger partial charge in [0.1, 0.15) is 5.69 Å². The third-order valence-corrected chi connectivity index (χ3v) is 2.12. The summed E-state index contributed by atoms with van der Waals surface area (Å²) in [5, 5.41) is 4.64. The Balaban J connectivity index is 2.58. The van der Waals surface area contributed by atoms with Crippen LogP contribution in [0.5, 0.6) is 5.75 Å². The molecule has 4 heteroatoms. The summed E-state index contributed by atoms with van der Waals surface area (Å²) in [6, 6.07) is 8.32. The van der Waals surface area contributed by atoms with Crippen LogP contribution in [0.25, 0.3) is 5.69 Å². The Morgan fingerprint density at radius 3 is 3.07 bits per heavy atom. The molecule has 0 N–H and O–H groups in total. The maximum atomic E-state index is 5.96. The van der Waals surface area contributed by atoms with E-state index in [1.807, 2.05) is 12.3 Å². The average molecular weight is 208 g/mol. The lowest BCUT2D eigenvalue weighted by molar-refractivity contribution is 0.412. The smallest absolute Gasteiger partial charge is 0.163 e. The SMILES string of the molecule is COc1c(-n2cccn2)[c]ccc1Cl. The van der Waals surface area contributed by atoms with Gasteiger partial charge in [0.25, 0.3) is 0 Å². The largest absolute Gasteiger partial charge is 0.493 e. The molecule has 0 saturated carbocycles. The summed E-state index contributed by atoms with van der Waals surface area (Å²) in [7, 11) is 1.57. The van der Waals surface area contributed by atoms with Crippen molar-refractivity contribution in [2.75, 3.05) is 7.11 Å². The number of hydrogen-bond donors (Lipinski definition) is 0. The number of ether oxygens (including phenoxy) is 1. The number of hydrogen-bond acceptors (Lipinski definition) is 2. The van der Waals surface area contributed by atoms with E-state index in [0.717, 1.165) is 0 Å². The third kappa shape index (κ3) is 1.46. The van der Waals surface area contributed by atoms with Crippen LogP contribution in [0.2, 0.25) is 5.02 Å². The Bertz CT molecular complexity index is 426. The molecule has 1 aromatic heterocycles. The van der Waals surface area contributed by atoms with Crippen LogP contribution in [0.1, 0.15) is 0 Å². The molecule has 0 bridgehead atoms. The van der Waals surface area contributed by atoms with Crippen LogP contribution in [0.3, 0.4) is 0 Å². The number of rotatable bonds is 2. The minimum Gasteiger partial charge on any atom is -0.493 e. The monoisotopic (exact) mass is 207 g/mol. The first-order valence-corrected chi connectivity index (χ1v) is 4.45. The molecular weight excluding hydrogens is 200 g/mol. The van der Waals surface area contributed by atoms with Gasteiger partial charge in [-0.2, -0.15) is 5.10 Å². The summed E-state index contributed by atoms with van der Waals surface area (Å²) < 4.78 is 6.83. The normalized spacial score (nSPS) is 10.1. The lowest BCUT2D eigenvalue weighted by Crippen LogP contribution is -1.98. The van der Waals surface area contributed by atoms with Gasteiger partial charge in [-0.3, -0.25) is 0 Å². The van der Waals surface area contributed by atoms with E-state index in [1.165, 1.54) is 0 Å². The molecular formula is C10H8ClN2O. The van der Waals surface area contributed by atoms with Gasteiger partial charge in [0.05, 0.1) is 12.1 Å². The second kappa shape index (κ2) is 3.72. The molecule has 71 valence electrons. The van der Waals surface area contributed by atoms with Crippen molar-refractivity contribution < 1.29 is 4.74 Å². The summed E-state index contributed by atoms with van der Waals surface area (Å²) in [6.07, 6.45) is 3.50. The summed E-state index contributed by atoms with van der Waals surface area (Å²) in [4.78, 5) is 0. The van der Waals surface area contributed by atoms with Crippen LogP contribution >= 0.6 is 11.6 Å². The first-order valence-electron chi connectivity index (χ1n) is 4.07. The summed E-state index contributed by atoms with van der Waals surface area (Å²) in [5.41, 5.74) is 0.713. The van der Waals surface area contributed by atoms with E-state index >= 15 is 0 Å². The van der Waals surface area contributed by atoms with Crippen LogP contribution < -0.4 is 4.74 Å². The van der Waals surface area contributed by atoms with Crippen LogP contribution in [0, 0.1) is 6.07 Å². The van der Waals surface area contributed by atoms with E-state index < -0.39 is 0 Å². The predicted octanol–water partition coefficient (Wildman–Crippen LogP) is 2.33. The Hall–Kier alpha value is -1.48. The van der Waals surface area contributed by atoms with Crippen molar-refractivity contribution in [3.8, 4) is 11.4 Å². The van der Waals surface area contributed by atoms with Gasteiger partial charge < -0.3 is 4.74 Å². The lowest BCUT2D eigenvalue weighted by Gasteiger charge is -2.08. The molecule has 0 saturated heterocycles. The number of methoxy groups -OCH3 is 1. The van der Waals surface area contributed by atoms with Gasteiger partial charge in [-0.1, -0.05) is 17.7 Å². The number of benzene rings is 1. The Kier molecular flexibility index (Phi) is 2.41. The van der Waals surface area contributed by atoms with Crippen LogP contribution in [0.4, 0.5) is 0 Å². The van der Waals surface area contributed by atoms with Crippen LogP contribution in [-0.4, -0.2) is 16.9 Å². The molecule has 2 rings (SSSR count). The molecule has 0 spiro atoms. The molecule has 0 aliphatic carbocycles. The molecule has 0 fully saturated rings. The fourth-order valence-electron chi connectivity index (χ4n) is 1.21. The van der Waals surface area contributed by atoms with E-state index in [0.29, 0.717) is 16.5 Å². The highest BCUT2D eigenvalue weighted by molar-refractivity contribution is 6.32. The van der Waals surface area contributed by atoms with Gasteiger partial charge in [-0.15, -0.1) is 0 Å². The molecule has 0 aliphatic heterocycles. The quantitative estimate of drug-likeness (QED) is 0.756. The van der Waals surface area contributed by atoms with Gasteiger partial charge in [-0.05, 0) is 12.1 Å². The van der Waals surface area contributed by atoms with Crippen molar-refractivity contribution in [1.82, 2.24) is 9.78 Å². The van der Waals surface area contributed by atoms with Crippen molar-refractivity contribution in [2.45, 2.75) is 0 Å². The number of aromatic nitrogens is 2. The van der Waals surface area contributed by atoms with E-state index in [9.17, 15) is 0 Å². The van der Waals surface area contributed by atoms with E-state index in [1.54, 1.807) is 30.1 Å². The summed E-state index contributed by atoms with van der Waals surface area (Å²) in [5.74, 6) is 0.581. The maximum absolute atomic E-state index is 5.96. The van der Waals surface area contributed by atoms with E-state index in [4.69, 9.17) is 16.3 Å². The van der Waals surface area contributed by atoms with Crippen molar-refractivity contribution in [3.05, 3.63) is 41.7 Å². The molecule has 14 heavy (non-hydrogen) atoms. The molecule has 2 aromatic rings. The van der Waals surface area contributed by atoms with Crippen LogP contribution in [-0.2, 0) is 0 Å². The highest BCUT2D eigenvalue weighted by Gasteiger charge is 2.08. The Labute approximate surface area is 86.9 Å². The minimum absolute atomic E-state index is 0.553. The van der Waals surface area contributed by atoms with Crippen LogP contribution in [0.15, 0.2) is 30.6 Å². The topological polar surface area (TPSA) is 27.1 Å². The molecule has 1 radical (unpaired) electrons. The molecule has 0 aliphatic rings. The highest BCUT2D eigenvalue weighted by Crippen LogP contribution is 2.29. The first kappa shape index (κ1) is 9.09. The molecule has 3 nitrogen and oxygen atoms in total. The molecule has 0 amide bonds. The first-order chi connectivity index (χ1) is 6.83. The zero-order valence-electron chi connectivity index (χ0n) is 7.57. The zero-order valence-corrected chi connectivity index (χ0v) is 8.32. The predicted molar refractivity (Wildman–Crippen MR) is 54.0 cm³/mol. The van der Waals surface area contributed by atoms with Gasteiger partial charge >= 0.3 is 0 Å². The number of halogens is 1. The summed E-state index contributed by atoms with van der Waals surface area (Å²) in [6.45, 7) is 0. The van der Waals surface area contributed by atoms with Gasteiger partial charge in [0.15, 0.2) is 5.75 Å². The van der Waals surface area contributed by atoms with E-state index in [-0.39, 0.29) is 0 Å². The van der Waals surface area contributed by atoms with Gasteiger partial charge in [0.2, 0.25) is 0 Å². The standard InChI is InChI=1S/C10H8ClN2O/c1-14-10-8(11)4-2-5-9(10)13-7-3-6-12-13/h2-4,6-7H,1H3. The van der Waals surface area contributed by atoms with Crippen molar-refractivity contribution >= 4 is 11.6 Å². The molecule has 1 aromatic carbocycles. The zero-order chi connectivity index (χ0) is 9.97. The summed E-state index contributed by atoms with van der Waals surface area (Å²) >= 11 is 5.96. The van der Waals surface area contributed by atoms with Crippen molar-refractivity contribution in [2.24, 2.45) is 0 Å².